The Kier molecular flexibility index (Phi) is 3.48. The molecule has 5 atom stereocenters. The fraction of sp³-hybridized carbons (Fsp3) is 0.333. The van der Waals surface area contributed by atoms with Crippen LogP contribution in [0.2, 0.25) is 0 Å². The molecule has 33 heavy (non-hydrogen) atoms. The van der Waals surface area contributed by atoms with Crippen LogP contribution < -0.4 is 15.8 Å². The molecule has 2 aromatic carbocycles. The Morgan fingerprint density at radius 2 is 1.82 bits per heavy atom. The Balaban J connectivity index is 1.51. The molecule has 8 rings (SSSR count). The summed E-state index contributed by atoms with van der Waals surface area (Å²) in [5.74, 6) is 0.176. The van der Waals surface area contributed by atoms with Crippen LogP contribution in [0.15, 0.2) is 53.3 Å². The third kappa shape index (κ3) is 2.14. The van der Waals surface area contributed by atoms with Crippen molar-refractivity contribution in [3.8, 4) is 0 Å². The molecule has 0 aliphatic carbocycles. The van der Waals surface area contributed by atoms with Crippen LogP contribution in [0.4, 0.5) is 5.69 Å². The predicted octanol–water partition coefficient (Wildman–Crippen LogP) is 1.39. The lowest BCUT2D eigenvalue weighted by atomic mass is 9.86. The van der Waals surface area contributed by atoms with Crippen molar-refractivity contribution in [2.75, 3.05) is 11.9 Å². The normalized spacial score (nSPS) is 31.8. The van der Waals surface area contributed by atoms with E-state index in [1.807, 2.05) is 37.3 Å². The van der Waals surface area contributed by atoms with Gasteiger partial charge < -0.3 is 9.64 Å². The summed E-state index contributed by atoms with van der Waals surface area (Å²) in [5, 5.41) is 3.85. The standard InChI is InChI=1S/C24H21N5O4/c1-12-19(30)29-16-10-6-4-8-14(16)24(23(29)25-12)11-17-21(32)27(2)22(33-24)18-26-15-9-5-3-7-13(15)20(31)28(17)18/h3-10,12,17,22-23,25H,11H2,1-2H3. The monoisotopic (exact) mass is 443 g/mol. The van der Waals surface area contributed by atoms with Crippen molar-refractivity contribution in [3.05, 3.63) is 70.3 Å². The highest BCUT2D eigenvalue weighted by atomic mass is 16.5. The van der Waals surface area contributed by atoms with E-state index in [4.69, 9.17) is 9.72 Å². The van der Waals surface area contributed by atoms with Crippen LogP contribution in [0.5, 0.6) is 0 Å². The number of anilines is 1. The smallest absolute Gasteiger partial charge is 0.262 e. The first-order valence-electron chi connectivity index (χ1n) is 11.1. The lowest BCUT2D eigenvalue weighted by Gasteiger charge is -2.37. The van der Waals surface area contributed by atoms with E-state index in [-0.39, 0.29) is 29.8 Å². The highest BCUT2D eigenvalue weighted by Gasteiger charge is 2.64. The zero-order valence-electron chi connectivity index (χ0n) is 18.1. The maximum Gasteiger partial charge on any atom is 0.262 e. The second-order valence-corrected chi connectivity index (χ2v) is 9.21. The molecule has 2 fully saturated rings. The molecular formula is C24H21N5O4. The van der Waals surface area contributed by atoms with Gasteiger partial charge in [-0.3, -0.25) is 29.2 Å². The lowest BCUT2D eigenvalue weighted by molar-refractivity contribution is -0.169. The van der Waals surface area contributed by atoms with Gasteiger partial charge in [0.05, 0.1) is 22.6 Å². The molecule has 0 radical (unpaired) electrons. The second kappa shape index (κ2) is 6.06. The van der Waals surface area contributed by atoms with E-state index in [9.17, 15) is 14.4 Å². The average molecular weight is 443 g/mol. The molecule has 3 aromatic rings. The van der Waals surface area contributed by atoms with Crippen molar-refractivity contribution >= 4 is 28.4 Å². The van der Waals surface area contributed by atoms with Crippen molar-refractivity contribution < 1.29 is 14.3 Å². The van der Waals surface area contributed by atoms with Gasteiger partial charge in [-0.25, -0.2) is 4.98 Å². The molecule has 5 aliphatic rings. The summed E-state index contributed by atoms with van der Waals surface area (Å²) >= 11 is 0. The van der Waals surface area contributed by atoms with Gasteiger partial charge in [-0.05, 0) is 25.1 Å². The van der Waals surface area contributed by atoms with Gasteiger partial charge in [-0.1, -0.05) is 30.3 Å². The molecule has 1 N–H and O–H groups in total. The van der Waals surface area contributed by atoms with Crippen molar-refractivity contribution in [2.45, 2.75) is 43.4 Å². The minimum absolute atomic E-state index is 0.0391. The zero-order valence-corrected chi connectivity index (χ0v) is 18.1. The molecule has 6 heterocycles. The van der Waals surface area contributed by atoms with E-state index in [0.29, 0.717) is 16.7 Å². The first-order valence-corrected chi connectivity index (χ1v) is 11.1. The number of para-hydroxylation sites is 2. The molecule has 5 aliphatic heterocycles. The number of carbonyl (C=O) groups is 2. The van der Waals surface area contributed by atoms with E-state index >= 15 is 0 Å². The number of nitrogens with one attached hydrogen (secondary N) is 1. The summed E-state index contributed by atoms with van der Waals surface area (Å²) in [6.07, 6.45) is -1.14. The van der Waals surface area contributed by atoms with Crippen molar-refractivity contribution in [1.29, 1.82) is 0 Å². The van der Waals surface area contributed by atoms with Crippen LogP contribution in [-0.2, 0) is 19.9 Å². The van der Waals surface area contributed by atoms with Crippen molar-refractivity contribution in [2.24, 2.45) is 0 Å². The molecule has 2 amide bonds. The molecule has 166 valence electrons. The van der Waals surface area contributed by atoms with E-state index in [2.05, 4.69) is 5.32 Å². The molecule has 1 spiro atoms. The molecule has 0 saturated carbocycles. The first kappa shape index (κ1) is 19.0. The van der Waals surface area contributed by atoms with Crippen LogP contribution in [0.3, 0.4) is 0 Å². The summed E-state index contributed by atoms with van der Waals surface area (Å²) < 4.78 is 8.34. The van der Waals surface area contributed by atoms with Crippen LogP contribution in [0.1, 0.15) is 37.0 Å². The lowest BCUT2D eigenvalue weighted by Crippen LogP contribution is -2.51. The highest BCUT2D eigenvalue weighted by Crippen LogP contribution is 2.56. The Bertz CT molecular complexity index is 1450. The number of aromatic nitrogens is 2. The summed E-state index contributed by atoms with van der Waals surface area (Å²) in [6, 6.07) is 13.6. The maximum atomic E-state index is 13.6. The number of hydrogen-bond acceptors (Lipinski definition) is 6. The molecule has 1 aromatic heterocycles. The molecule has 2 saturated heterocycles. The second-order valence-electron chi connectivity index (χ2n) is 9.21. The van der Waals surface area contributed by atoms with E-state index < -0.39 is 24.0 Å². The number of nitrogens with zero attached hydrogens (tertiary/aromatic N) is 4. The number of likely N-dealkylation sites (N-methyl/N-ethyl adjacent to an activating group) is 1. The molecule has 9 nitrogen and oxygen atoms in total. The predicted molar refractivity (Wildman–Crippen MR) is 118 cm³/mol. The summed E-state index contributed by atoms with van der Waals surface area (Å²) in [6.45, 7) is 1.83. The number of rotatable bonds is 0. The third-order valence-electron chi connectivity index (χ3n) is 7.51. The van der Waals surface area contributed by atoms with E-state index in [0.717, 1.165) is 11.3 Å². The van der Waals surface area contributed by atoms with Crippen LogP contribution in [-0.4, -0.2) is 45.5 Å². The van der Waals surface area contributed by atoms with Crippen molar-refractivity contribution in [1.82, 2.24) is 19.8 Å². The number of ether oxygens (including phenoxy) is 1. The quantitative estimate of drug-likeness (QED) is 0.564. The number of fused-ring (bicyclic) bond motifs is 5. The van der Waals surface area contributed by atoms with Crippen LogP contribution in [0.25, 0.3) is 10.9 Å². The van der Waals surface area contributed by atoms with Gasteiger partial charge in [-0.15, -0.1) is 0 Å². The Morgan fingerprint density at radius 1 is 1.06 bits per heavy atom. The number of benzene rings is 2. The minimum Gasteiger partial charge on any atom is -0.336 e. The zero-order chi connectivity index (χ0) is 22.6. The Labute approximate surface area is 188 Å². The Hall–Kier alpha value is -3.56. The van der Waals surface area contributed by atoms with Gasteiger partial charge in [0.2, 0.25) is 11.8 Å². The fourth-order valence-electron chi connectivity index (χ4n) is 5.98. The van der Waals surface area contributed by atoms with E-state index in [1.54, 1.807) is 30.1 Å². The maximum absolute atomic E-state index is 13.6. The number of carbonyl (C=O) groups excluding carboxylic acids is 2. The van der Waals surface area contributed by atoms with Gasteiger partial charge in [0, 0.05) is 19.0 Å². The summed E-state index contributed by atoms with van der Waals surface area (Å²) in [5.41, 5.74) is 0.913. The van der Waals surface area contributed by atoms with Gasteiger partial charge in [0.15, 0.2) is 12.1 Å². The topological polar surface area (TPSA) is 96.8 Å². The third-order valence-corrected chi connectivity index (χ3v) is 7.51. The van der Waals surface area contributed by atoms with Gasteiger partial charge in [0.1, 0.15) is 17.8 Å². The van der Waals surface area contributed by atoms with Gasteiger partial charge in [-0.2, -0.15) is 0 Å². The molecule has 9 heteroatoms. The first-order chi connectivity index (χ1) is 15.9. The fourth-order valence-corrected chi connectivity index (χ4v) is 5.98. The van der Waals surface area contributed by atoms with Crippen LogP contribution in [0, 0.1) is 0 Å². The van der Waals surface area contributed by atoms with Gasteiger partial charge >= 0.3 is 0 Å². The molecule has 5 unspecified atom stereocenters. The average Bonchev–Trinajstić information content (AvgIpc) is 3.14. The van der Waals surface area contributed by atoms with Crippen LogP contribution >= 0.6 is 0 Å². The van der Waals surface area contributed by atoms with Gasteiger partial charge in [0.25, 0.3) is 5.56 Å². The highest BCUT2D eigenvalue weighted by molar-refractivity contribution is 6.02. The summed E-state index contributed by atoms with van der Waals surface area (Å²) in [4.78, 5) is 48.2. The summed E-state index contributed by atoms with van der Waals surface area (Å²) in [7, 11) is 1.68. The number of amides is 2. The SMILES string of the molecule is CC1NC2N(C1=O)c1ccccc1C21CC2C(=O)N(C)C(O1)c1nc3ccccc3c(=O)n12. The Morgan fingerprint density at radius 3 is 2.67 bits per heavy atom. The minimum atomic E-state index is -1.01. The molecular weight excluding hydrogens is 422 g/mol. The van der Waals surface area contributed by atoms with E-state index in [1.165, 1.54) is 9.47 Å². The van der Waals surface area contributed by atoms with Crippen molar-refractivity contribution in [3.63, 3.8) is 0 Å². The largest absolute Gasteiger partial charge is 0.336 e. The molecule has 2 bridgehead atoms. The number of hydrogen-bond donors (Lipinski definition) is 1.